The number of piperazine rings is 1. The lowest BCUT2D eigenvalue weighted by Gasteiger charge is -2.55. The molecule has 0 spiro atoms. The maximum Gasteiger partial charge on any atom is 0.334 e. The molecule has 284 valence electrons. The monoisotopic (exact) mass is 734 g/mol. The number of hydrogen-bond donors (Lipinski definition) is 3. The summed E-state index contributed by atoms with van der Waals surface area (Å²) in [5.41, 5.74) is 3.67. The molecule has 4 amide bonds. The van der Waals surface area contributed by atoms with Crippen LogP contribution in [0.15, 0.2) is 91.6 Å². The molecule has 54 heavy (non-hydrogen) atoms. The smallest absolute Gasteiger partial charge is 0.334 e. The number of aliphatic hydroxyl groups is 1. The van der Waals surface area contributed by atoms with Gasteiger partial charge in [0.2, 0.25) is 17.6 Å². The van der Waals surface area contributed by atoms with Crippen LogP contribution >= 0.6 is 0 Å². The highest BCUT2D eigenvalue weighted by Crippen LogP contribution is 2.32. The molecule has 2 atom stereocenters. The Kier molecular flexibility index (Phi) is 11.0. The van der Waals surface area contributed by atoms with E-state index in [2.05, 4.69) is 16.9 Å². The largest absolute Gasteiger partial charge is 0.463 e. The minimum absolute atomic E-state index is 0.0369. The number of aromatic nitrogens is 1. The molecule has 0 saturated carbocycles. The van der Waals surface area contributed by atoms with Gasteiger partial charge in [0.05, 0.1) is 18.6 Å². The van der Waals surface area contributed by atoms with Crippen LogP contribution in [0.5, 0.6) is 5.75 Å². The normalized spacial score (nSPS) is 18.1. The zero-order chi connectivity index (χ0) is 38.8. The van der Waals surface area contributed by atoms with Gasteiger partial charge in [0.15, 0.2) is 5.78 Å². The number of carbonyl (C=O) groups is 4. The number of nitrogens with one attached hydrogen (secondary N) is 2. The van der Waals surface area contributed by atoms with Crippen molar-refractivity contribution < 1.29 is 29.0 Å². The highest BCUT2D eigenvalue weighted by atomic mass is 16.6. The van der Waals surface area contributed by atoms with Gasteiger partial charge in [0.25, 0.3) is 0 Å². The number of carbonyl (C=O) groups excluding carboxylic acids is 4. The fraction of sp³-hybridized carbons (Fsp3) is 0.381. The van der Waals surface area contributed by atoms with Crippen LogP contribution in [-0.2, 0) is 29.1 Å². The zero-order valence-electron chi connectivity index (χ0n) is 31.7. The van der Waals surface area contributed by atoms with Gasteiger partial charge in [-0.3, -0.25) is 14.4 Å². The minimum Gasteiger partial charge on any atom is -0.463 e. The van der Waals surface area contributed by atoms with Gasteiger partial charge in [-0.1, -0.05) is 87.5 Å². The Morgan fingerprint density at radius 2 is 1.70 bits per heavy atom. The van der Waals surface area contributed by atoms with E-state index < -0.39 is 24.0 Å². The Morgan fingerprint density at radius 3 is 2.37 bits per heavy atom. The summed E-state index contributed by atoms with van der Waals surface area (Å²) < 4.78 is 5.59. The number of Topliss-reactive ketones (excluding diaryl/α,β-unsaturated/α-hetero) is 1. The van der Waals surface area contributed by atoms with E-state index in [0.717, 1.165) is 27.6 Å². The second-order valence-corrected chi connectivity index (χ2v) is 15.7. The number of fused-ring (bicyclic) bond motifs is 2. The number of benzene rings is 3. The number of nitrogens with zero attached hydrogens (tertiary/aromatic N) is 4. The summed E-state index contributed by atoms with van der Waals surface area (Å²) in [4.78, 5) is 62.7. The fourth-order valence-electron chi connectivity index (χ4n) is 7.27. The van der Waals surface area contributed by atoms with Crippen molar-refractivity contribution in [2.75, 3.05) is 19.6 Å². The third-order valence-electron chi connectivity index (χ3n) is 9.54. The molecule has 2 fully saturated rings. The molecule has 1 aromatic heterocycles. The van der Waals surface area contributed by atoms with Crippen molar-refractivity contribution in [2.45, 2.75) is 78.5 Å². The van der Waals surface area contributed by atoms with Gasteiger partial charge in [-0.15, -0.1) is 6.58 Å². The van der Waals surface area contributed by atoms with Crippen LogP contribution in [0.4, 0.5) is 4.79 Å². The van der Waals surface area contributed by atoms with E-state index in [0.29, 0.717) is 17.7 Å². The average molecular weight is 735 g/mol. The number of rotatable bonds is 12. The van der Waals surface area contributed by atoms with Crippen molar-refractivity contribution in [1.82, 2.24) is 30.1 Å². The average Bonchev–Trinajstić information content (AvgIpc) is 3.55. The Labute approximate surface area is 316 Å². The molecule has 12 nitrogen and oxygen atoms in total. The molecule has 0 aliphatic carbocycles. The fourth-order valence-corrected chi connectivity index (χ4v) is 7.27. The van der Waals surface area contributed by atoms with Crippen molar-refractivity contribution in [3.63, 3.8) is 0 Å². The van der Waals surface area contributed by atoms with E-state index >= 15 is 0 Å². The molecule has 12 heteroatoms. The van der Waals surface area contributed by atoms with E-state index in [-0.39, 0.29) is 62.2 Å². The number of hydrogen-bond acceptors (Lipinski definition) is 7. The molecule has 0 radical (unpaired) electrons. The van der Waals surface area contributed by atoms with Crippen molar-refractivity contribution in [1.29, 1.82) is 0 Å². The number of aromatic amines is 1. The molecule has 4 aromatic rings. The SMILES string of the molecule is C=CCN1CC(=O)N2C(Cc3ccc(OC(C)(C)O)cc3)C(=O)N(Cc3cccc4c(C(=O)CC(C)(C)C)c[nH]c34)CC2N1C(=O)NCc1ccccc1. The standard InChI is InChI=1S/C42H50N6O6/c1-7-20-46-27-37(50)47-34(21-28-16-18-31(19-17-28)54-42(5,6)53)39(51)45(26-36(47)48(46)40(52)44-23-29-12-9-8-10-13-29)25-30-14-11-15-32-33(24-43-38(30)32)35(49)22-41(2,3)4/h7-19,24,34,36,43,53H,1,20-23,25-27H2,2-6H3,(H,44,52). The summed E-state index contributed by atoms with van der Waals surface area (Å²) in [6, 6.07) is 21.0. The first-order chi connectivity index (χ1) is 25.6. The van der Waals surface area contributed by atoms with Crippen LogP contribution in [0.2, 0.25) is 0 Å². The molecule has 3 N–H and O–H groups in total. The Morgan fingerprint density at radius 1 is 0.981 bits per heavy atom. The van der Waals surface area contributed by atoms with Crippen LogP contribution in [0, 0.1) is 5.41 Å². The van der Waals surface area contributed by atoms with Crippen LogP contribution in [0.25, 0.3) is 10.9 Å². The summed E-state index contributed by atoms with van der Waals surface area (Å²) in [6.07, 6.45) is 3.12. The molecule has 2 aliphatic rings. The Bertz CT molecular complexity index is 2010. The van der Waals surface area contributed by atoms with Gasteiger partial charge in [0.1, 0.15) is 18.0 Å². The second kappa shape index (κ2) is 15.5. The van der Waals surface area contributed by atoms with E-state index in [1.165, 1.54) is 13.8 Å². The van der Waals surface area contributed by atoms with Crippen LogP contribution in [0.3, 0.4) is 0 Å². The van der Waals surface area contributed by atoms with Gasteiger partial charge in [-0.2, -0.15) is 0 Å². The van der Waals surface area contributed by atoms with Gasteiger partial charge in [-0.05, 0) is 34.2 Å². The van der Waals surface area contributed by atoms with E-state index in [4.69, 9.17) is 4.74 Å². The predicted molar refractivity (Wildman–Crippen MR) is 206 cm³/mol. The predicted octanol–water partition coefficient (Wildman–Crippen LogP) is 5.63. The lowest BCUT2D eigenvalue weighted by atomic mass is 9.87. The molecule has 0 bridgehead atoms. The molecular weight excluding hydrogens is 684 g/mol. The zero-order valence-corrected chi connectivity index (χ0v) is 31.7. The van der Waals surface area contributed by atoms with Gasteiger partial charge >= 0.3 is 6.03 Å². The molecule has 2 aliphatic heterocycles. The van der Waals surface area contributed by atoms with E-state index in [1.807, 2.05) is 69.3 Å². The van der Waals surface area contributed by atoms with Gasteiger partial charge in [-0.25, -0.2) is 14.8 Å². The first-order valence-electron chi connectivity index (χ1n) is 18.3. The molecule has 3 heterocycles. The molecule has 2 saturated heterocycles. The first kappa shape index (κ1) is 38.3. The summed E-state index contributed by atoms with van der Waals surface area (Å²) in [5, 5.41) is 17.2. The van der Waals surface area contributed by atoms with Crippen molar-refractivity contribution in [3.05, 3.63) is 114 Å². The molecular formula is C42H50N6O6. The molecule has 2 unspecified atom stereocenters. The summed E-state index contributed by atoms with van der Waals surface area (Å²) in [6.45, 7) is 13.7. The number of hydrazine groups is 1. The highest BCUT2D eigenvalue weighted by molar-refractivity contribution is 6.08. The van der Waals surface area contributed by atoms with Crippen LogP contribution in [0.1, 0.15) is 68.1 Å². The number of para-hydroxylation sites is 1. The van der Waals surface area contributed by atoms with Gasteiger partial charge < -0.3 is 29.9 Å². The van der Waals surface area contributed by atoms with Crippen molar-refractivity contribution in [2.24, 2.45) is 5.41 Å². The van der Waals surface area contributed by atoms with Gasteiger partial charge in [0, 0.05) is 63.5 Å². The maximum atomic E-state index is 14.7. The van der Waals surface area contributed by atoms with Crippen molar-refractivity contribution in [3.8, 4) is 5.75 Å². The van der Waals surface area contributed by atoms with E-state index in [9.17, 15) is 24.3 Å². The number of H-pyrrole nitrogens is 1. The quantitative estimate of drug-likeness (QED) is 0.0975. The summed E-state index contributed by atoms with van der Waals surface area (Å²) >= 11 is 0. The number of amides is 4. The topological polar surface area (TPSA) is 139 Å². The lowest BCUT2D eigenvalue weighted by Crippen LogP contribution is -2.76. The third-order valence-corrected chi connectivity index (χ3v) is 9.54. The Hall–Kier alpha value is -5.46. The maximum absolute atomic E-state index is 14.7. The molecule has 3 aromatic carbocycles. The third kappa shape index (κ3) is 8.67. The molecule has 6 rings (SSSR count). The number of urea groups is 1. The van der Waals surface area contributed by atoms with Crippen molar-refractivity contribution >= 4 is 34.5 Å². The highest BCUT2D eigenvalue weighted by Gasteiger charge is 2.51. The van der Waals surface area contributed by atoms with E-state index in [1.54, 1.807) is 56.4 Å². The second-order valence-electron chi connectivity index (χ2n) is 15.7. The summed E-state index contributed by atoms with van der Waals surface area (Å²) in [5.74, 6) is -1.42. The first-order valence-corrected chi connectivity index (χ1v) is 18.3. The van der Waals surface area contributed by atoms with Crippen LogP contribution in [-0.4, -0.2) is 91.2 Å². The lowest BCUT2D eigenvalue weighted by molar-refractivity contribution is -0.189. The van der Waals surface area contributed by atoms with Crippen LogP contribution < -0.4 is 10.1 Å². The summed E-state index contributed by atoms with van der Waals surface area (Å²) in [7, 11) is 0. The Balaban J connectivity index is 1.36. The number of ketones is 1. The minimum atomic E-state index is -1.38. The number of ether oxygens (including phenoxy) is 1.